The number of nitrogens with two attached hydrogens (primary N) is 1. The van der Waals surface area contributed by atoms with Crippen LogP contribution in [0.4, 0.5) is 0 Å². The Morgan fingerprint density at radius 1 is 1.58 bits per heavy atom. The van der Waals surface area contributed by atoms with Crippen LogP contribution in [0.1, 0.15) is 26.7 Å². The molecule has 0 bridgehead atoms. The average molecular weight is 289 g/mol. The van der Waals surface area contributed by atoms with Gasteiger partial charge in [0.05, 0.1) is 11.7 Å². The molecule has 0 saturated heterocycles. The van der Waals surface area contributed by atoms with Crippen LogP contribution in [0, 0.1) is 0 Å². The van der Waals surface area contributed by atoms with Gasteiger partial charge in [-0.2, -0.15) is 9.82 Å². The minimum Gasteiger partial charge on any atom is -0.409 e. The zero-order chi connectivity index (χ0) is 14.7. The molecule has 0 saturated carbocycles. The summed E-state index contributed by atoms with van der Waals surface area (Å²) in [6, 6.07) is 1.38. The summed E-state index contributed by atoms with van der Waals surface area (Å²) in [6.07, 6.45) is 2.10. The molecule has 0 aromatic carbocycles. The van der Waals surface area contributed by atoms with Crippen LogP contribution in [0.3, 0.4) is 0 Å². The topological polar surface area (TPSA) is 123 Å². The largest absolute Gasteiger partial charge is 0.409 e. The van der Waals surface area contributed by atoms with Crippen molar-refractivity contribution in [1.29, 1.82) is 0 Å². The third kappa shape index (κ3) is 2.87. The second-order valence-corrected chi connectivity index (χ2v) is 5.80. The van der Waals surface area contributed by atoms with Gasteiger partial charge in [-0.1, -0.05) is 19.0 Å². The Labute approximate surface area is 112 Å². The van der Waals surface area contributed by atoms with Crippen molar-refractivity contribution in [2.75, 3.05) is 0 Å². The Morgan fingerprint density at radius 3 is 2.53 bits per heavy atom. The fourth-order valence-corrected chi connectivity index (χ4v) is 3.49. The van der Waals surface area contributed by atoms with Crippen LogP contribution in [-0.2, 0) is 17.1 Å². The fourth-order valence-electron chi connectivity index (χ4n) is 1.84. The summed E-state index contributed by atoms with van der Waals surface area (Å²) in [5.41, 5.74) is 4.51. The van der Waals surface area contributed by atoms with Crippen LogP contribution >= 0.6 is 0 Å². The van der Waals surface area contributed by atoms with E-state index in [-0.39, 0.29) is 10.9 Å². The summed E-state index contributed by atoms with van der Waals surface area (Å²) in [6.45, 7) is 3.51. The Hall–Kier alpha value is -1.61. The molecule has 0 aliphatic carbocycles. The van der Waals surface area contributed by atoms with Crippen molar-refractivity contribution in [3.05, 3.63) is 12.3 Å². The summed E-state index contributed by atoms with van der Waals surface area (Å²) >= 11 is 0. The highest BCUT2D eigenvalue weighted by atomic mass is 32.2. The monoisotopic (exact) mass is 289 g/mol. The van der Waals surface area contributed by atoms with Crippen molar-refractivity contribution in [2.24, 2.45) is 17.9 Å². The number of nitrogens with zero attached hydrogens (tertiary/aromatic N) is 3. The highest BCUT2D eigenvalue weighted by Gasteiger charge is 2.37. The molecule has 1 aromatic rings. The van der Waals surface area contributed by atoms with E-state index in [0.29, 0.717) is 12.8 Å². The minimum absolute atomic E-state index is 0.0181. The third-order valence-corrected chi connectivity index (χ3v) is 4.80. The van der Waals surface area contributed by atoms with Crippen molar-refractivity contribution in [3.63, 3.8) is 0 Å². The Bertz CT molecular complexity index is 559. The average Bonchev–Trinajstić information content (AvgIpc) is 2.82. The van der Waals surface area contributed by atoms with Gasteiger partial charge in [0.15, 0.2) is 10.9 Å². The van der Waals surface area contributed by atoms with E-state index >= 15 is 0 Å². The summed E-state index contributed by atoms with van der Waals surface area (Å²) < 4.78 is 28.3. The lowest BCUT2D eigenvalue weighted by Crippen LogP contribution is -2.56. The highest BCUT2D eigenvalue weighted by molar-refractivity contribution is 7.89. The lowest BCUT2D eigenvalue weighted by atomic mass is 9.93. The number of hydrogen-bond acceptors (Lipinski definition) is 5. The van der Waals surface area contributed by atoms with Crippen molar-refractivity contribution < 1.29 is 13.6 Å². The molecule has 19 heavy (non-hydrogen) atoms. The first-order chi connectivity index (χ1) is 8.83. The predicted molar refractivity (Wildman–Crippen MR) is 70.3 cm³/mol. The molecule has 0 radical (unpaired) electrons. The number of sulfonamides is 1. The second-order valence-electron chi connectivity index (χ2n) is 4.17. The van der Waals surface area contributed by atoms with Gasteiger partial charge in [-0.05, 0) is 18.9 Å². The molecule has 0 atom stereocenters. The van der Waals surface area contributed by atoms with E-state index in [1.807, 2.05) is 0 Å². The predicted octanol–water partition coefficient (Wildman–Crippen LogP) is 0.00360. The van der Waals surface area contributed by atoms with Gasteiger partial charge < -0.3 is 10.9 Å². The van der Waals surface area contributed by atoms with E-state index in [0.717, 1.165) is 0 Å². The first-order valence-electron chi connectivity index (χ1n) is 5.83. The Kier molecular flexibility index (Phi) is 4.53. The number of aromatic nitrogens is 2. The van der Waals surface area contributed by atoms with Gasteiger partial charge in [-0.15, -0.1) is 0 Å². The summed E-state index contributed by atoms with van der Waals surface area (Å²) in [5.74, 6) is -0.164. The first-order valence-corrected chi connectivity index (χ1v) is 7.31. The molecule has 0 unspecified atom stereocenters. The van der Waals surface area contributed by atoms with Crippen LogP contribution < -0.4 is 10.5 Å². The molecule has 0 amide bonds. The van der Waals surface area contributed by atoms with Gasteiger partial charge >= 0.3 is 0 Å². The standard InChI is InChI=1S/C10H19N5O3S/c1-4-10(5-2,9(11)13-16)14-19(17,18)8-6-7-12-15(8)3/h6-7,14,16H,4-5H2,1-3H3,(H2,11,13). The molecule has 0 aliphatic rings. The molecule has 0 spiro atoms. The molecule has 1 heterocycles. The van der Waals surface area contributed by atoms with E-state index in [1.54, 1.807) is 13.8 Å². The lowest BCUT2D eigenvalue weighted by molar-refractivity contribution is 0.307. The highest BCUT2D eigenvalue weighted by Crippen LogP contribution is 2.19. The van der Waals surface area contributed by atoms with Gasteiger partial charge in [0.1, 0.15) is 0 Å². The Morgan fingerprint density at radius 2 is 2.16 bits per heavy atom. The number of aryl methyl sites for hydroxylation is 1. The van der Waals surface area contributed by atoms with Gasteiger partial charge in [0.2, 0.25) is 0 Å². The van der Waals surface area contributed by atoms with Gasteiger partial charge in [0, 0.05) is 7.05 Å². The number of rotatable bonds is 6. The van der Waals surface area contributed by atoms with Crippen LogP contribution in [-0.4, -0.2) is 34.8 Å². The van der Waals surface area contributed by atoms with E-state index in [9.17, 15) is 8.42 Å². The second kappa shape index (κ2) is 5.57. The van der Waals surface area contributed by atoms with Crippen LogP contribution in [0.15, 0.2) is 22.4 Å². The van der Waals surface area contributed by atoms with Crippen molar-refractivity contribution in [2.45, 2.75) is 37.3 Å². The first kappa shape index (κ1) is 15.4. The maximum Gasteiger partial charge on any atom is 0.258 e. The SMILES string of the molecule is CCC(CC)(NS(=O)(=O)c1ccnn1C)C(N)=NO. The van der Waals surface area contributed by atoms with Crippen molar-refractivity contribution in [3.8, 4) is 0 Å². The van der Waals surface area contributed by atoms with Crippen molar-refractivity contribution in [1.82, 2.24) is 14.5 Å². The minimum atomic E-state index is -3.81. The van der Waals surface area contributed by atoms with Crippen LogP contribution in [0.5, 0.6) is 0 Å². The summed E-state index contributed by atoms with van der Waals surface area (Å²) in [5, 5.41) is 15.6. The molecule has 0 aliphatic heterocycles. The number of nitrogens with one attached hydrogen (secondary N) is 1. The quantitative estimate of drug-likeness (QED) is 0.294. The van der Waals surface area contributed by atoms with Gasteiger partial charge in [0.25, 0.3) is 10.0 Å². The zero-order valence-corrected chi connectivity index (χ0v) is 12.0. The van der Waals surface area contributed by atoms with E-state index in [2.05, 4.69) is 15.0 Å². The smallest absolute Gasteiger partial charge is 0.258 e. The fraction of sp³-hybridized carbons (Fsp3) is 0.600. The lowest BCUT2D eigenvalue weighted by Gasteiger charge is -2.30. The molecule has 4 N–H and O–H groups in total. The molecule has 1 rings (SSSR count). The van der Waals surface area contributed by atoms with Crippen LogP contribution in [0.2, 0.25) is 0 Å². The van der Waals surface area contributed by atoms with Gasteiger partial charge in [-0.25, -0.2) is 8.42 Å². The molecule has 0 fully saturated rings. The molecular formula is C10H19N5O3S. The molecule has 8 nitrogen and oxygen atoms in total. The molecule has 9 heteroatoms. The summed E-state index contributed by atoms with van der Waals surface area (Å²) in [7, 11) is -2.28. The summed E-state index contributed by atoms with van der Waals surface area (Å²) in [4.78, 5) is 0. The van der Waals surface area contributed by atoms with E-state index in [4.69, 9.17) is 10.9 Å². The van der Waals surface area contributed by atoms with E-state index < -0.39 is 15.6 Å². The normalized spacial score (nSPS) is 13.7. The molecular weight excluding hydrogens is 270 g/mol. The van der Waals surface area contributed by atoms with E-state index in [1.165, 1.54) is 24.0 Å². The number of amidine groups is 1. The number of hydrogen-bond donors (Lipinski definition) is 3. The maximum absolute atomic E-state index is 12.3. The zero-order valence-electron chi connectivity index (χ0n) is 11.2. The molecule has 1 aromatic heterocycles. The Balaban J connectivity index is 3.21. The maximum atomic E-state index is 12.3. The number of oxime groups is 1. The van der Waals surface area contributed by atoms with Crippen LogP contribution in [0.25, 0.3) is 0 Å². The van der Waals surface area contributed by atoms with Gasteiger partial charge in [-0.3, -0.25) is 4.68 Å². The third-order valence-electron chi connectivity index (χ3n) is 3.19. The van der Waals surface area contributed by atoms with Crippen molar-refractivity contribution >= 4 is 15.9 Å². The molecule has 108 valence electrons.